The van der Waals surface area contributed by atoms with E-state index in [0.29, 0.717) is 13.0 Å². The fraction of sp³-hybridized carbons (Fsp3) is 0.600. The molecule has 0 radical (unpaired) electrons. The van der Waals surface area contributed by atoms with Gasteiger partial charge in [0.05, 0.1) is 12.5 Å². The van der Waals surface area contributed by atoms with Crippen molar-refractivity contribution in [2.24, 2.45) is 4.99 Å². The predicted octanol–water partition coefficient (Wildman–Crippen LogP) is 2.38. The topological polar surface area (TPSA) is 38.7 Å². The number of hydrogen-bond donors (Lipinski definition) is 0. The van der Waals surface area contributed by atoms with Gasteiger partial charge in [-0.2, -0.15) is 0 Å². The van der Waals surface area contributed by atoms with E-state index in [1.165, 1.54) is 0 Å². The molecular weight excluding hydrogens is 198 g/mol. The molecule has 2 aliphatic heterocycles. The number of allylic oxidation sites excluding steroid dienone is 1. The van der Waals surface area contributed by atoms with Gasteiger partial charge in [0.15, 0.2) is 0 Å². The minimum absolute atomic E-state index is 0.0255. The quantitative estimate of drug-likeness (QED) is 0.580. The lowest BCUT2D eigenvalue weighted by Gasteiger charge is -1.93. The van der Waals surface area contributed by atoms with Crippen molar-refractivity contribution >= 4 is 23.9 Å². The lowest BCUT2D eigenvalue weighted by atomic mass is 10.2. The molecule has 0 atom stereocenters. The average molecular weight is 213 g/mol. The molecule has 0 saturated carbocycles. The number of cyclic esters (lactones) is 1. The van der Waals surface area contributed by atoms with Gasteiger partial charge in [0.2, 0.25) is 0 Å². The number of thioether (sulfide) groups is 1. The Morgan fingerprint density at radius 3 is 2.86 bits per heavy atom. The van der Waals surface area contributed by atoms with Gasteiger partial charge in [-0.15, -0.1) is 11.8 Å². The molecule has 0 unspecified atom stereocenters. The number of esters is 1. The third kappa shape index (κ3) is 5.07. The number of carbonyl (C=O) groups excluding carboxylic acids is 1. The largest absolute Gasteiger partial charge is 0.466 e. The minimum Gasteiger partial charge on any atom is -0.466 e. The summed E-state index contributed by atoms with van der Waals surface area (Å²) in [7, 11) is 0. The van der Waals surface area contributed by atoms with E-state index < -0.39 is 0 Å². The molecule has 0 amide bonds. The van der Waals surface area contributed by atoms with Crippen molar-refractivity contribution in [3.8, 4) is 0 Å². The lowest BCUT2D eigenvalue weighted by Crippen LogP contribution is -2.00. The summed E-state index contributed by atoms with van der Waals surface area (Å²) in [6, 6.07) is 0. The number of aliphatic imine (C=N–C) groups is 1. The minimum atomic E-state index is -0.0255. The highest BCUT2D eigenvalue weighted by Crippen LogP contribution is 2.15. The molecule has 2 aliphatic rings. The van der Waals surface area contributed by atoms with Crippen molar-refractivity contribution < 1.29 is 9.53 Å². The van der Waals surface area contributed by atoms with Crippen molar-refractivity contribution in [1.82, 2.24) is 0 Å². The van der Waals surface area contributed by atoms with E-state index in [0.717, 1.165) is 30.0 Å². The molecular formula is C10H15NO2S. The molecule has 0 aromatic carbocycles. The molecule has 0 spiro atoms. The molecule has 2 rings (SSSR count). The lowest BCUT2D eigenvalue weighted by molar-refractivity contribution is -0.142. The zero-order chi connectivity index (χ0) is 10.2. The summed E-state index contributed by atoms with van der Waals surface area (Å²) in [5.41, 5.74) is 0. The Balaban J connectivity index is 0.000000146. The van der Waals surface area contributed by atoms with E-state index in [-0.39, 0.29) is 5.97 Å². The Kier molecular flexibility index (Phi) is 5.37. The van der Waals surface area contributed by atoms with Crippen LogP contribution in [-0.2, 0) is 9.53 Å². The van der Waals surface area contributed by atoms with Gasteiger partial charge in [-0.05, 0) is 19.3 Å². The Morgan fingerprint density at radius 2 is 2.29 bits per heavy atom. The van der Waals surface area contributed by atoms with Gasteiger partial charge >= 0.3 is 5.97 Å². The van der Waals surface area contributed by atoms with Gasteiger partial charge in [0, 0.05) is 17.5 Å². The summed E-state index contributed by atoms with van der Waals surface area (Å²) >= 11 is 1.68. The first-order valence-electron chi connectivity index (χ1n) is 4.76. The summed E-state index contributed by atoms with van der Waals surface area (Å²) in [4.78, 5) is 15.4. The van der Waals surface area contributed by atoms with Crippen molar-refractivity contribution in [3.05, 3.63) is 11.5 Å². The highest BCUT2D eigenvalue weighted by Gasteiger charge is 2.05. The fourth-order valence-electron chi connectivity index (χ4n) is 1.10. The second kappa shape index (κ2) is 6.65. The van der Waals surface area contributed by atoms with Crippen LogP contribution in [-0.4, -0.2) is 24.7 Å². The Hall–Kier alpha value is -0.770. The van der Waals surface area contributed by atoms with Gasteiger partial charge in [-0.1, -0.05) is 6.58 Å². The van der Waals surface area contributed by atoms with Gasteiger partial charge < -0.3 is 4.74 Å². The molecule has 1 saturated heterocycles. The number of rotatable bonds is 0. The third-order valence-corrected chi connectivity index (χ3v) is 2.60. The first-order valence-corrected chi connectivity index (χ1v) is 5.75. The van der Waals surface area contributed by atoms with Crippen LogP contribution in [0.25, 0.3) is 0 Å². The monoisotopic (exact) mass is 213 g/mol. The molecule has 78 valence electrons. The zero-order valence-electron chi connectivity index (χ0n) is 8.20. The molecule has 4 heteroatoms. The van der Waals surface area contributed by atoms with Crippen LogP contribution in [0.15, 0.2) is 16.5 Å². The Labute approximate surface area is 88.6 Å². The van der Waals surface area contributed by atoms with Gasteiger partial charge in [-0.25, -0.2) is 0 Å². The number of hydrogen-bond acceptors (Lipinski definition) is 4. The standard InChI is InChI=1S/C6H10O2.C4H5NS/c7-6-4-2-1-3-5-8-6;1-4-2-5-3-6-4/h1-5H2;2H,1,3H2. The highest BCUT2D eigenvalue weighted by molar-refractivity contribution is 8.04. The van der Waals surface area contributed by atoms with E-state index in [9.17, 15) is 4.79 Å². The molecule has 0 aliphatic carbocycles. The van der Waals surface area contributed by atoms with Crippen molar-refractivity contribution in [1.29, 1.82) is 0 Å². The normalized spacial score (nSPS) is 20.9. The van der Waals surface area contributed by atoms with E-state index in [4.69, 9.17) is 4.74 Å². The van der Waals surface area contributed by atoms with Crippen LogP contribution in [0.2, 0.25) is 0 Å². The van der Waals surface area contributed by atoms with Crippen molar-refractivity contribution in [3.63, 3.8) is 0 Å². The summed E-state index contributed by atoms with van der Waals surface area (Å²) in [6.45, 7) is 4.31. The molecule has 0 N–H and O–H groups in total. The maximum atomic E-state index is 10.5. The first kappa shape index (κ1) is 11.3. The van der Waals surface area contributed by atoms with Crippen molar-refractivity contribution in [2.75, 3.05) is 12.5 Å². The number of nitrogens with zero attached hydrogens (tertiary/aromatic N) is 1. The summed E-state index contributed by atoms with van der Waals surface area (Å²) in [5.74, 6) is 0.848. The van der Waals surface area contributed by atoms with Crippen LogP contribution in [0.3, 0.4) is 0 Å². The van der Waals surface area contributed by atoms with Crippen LogP contribution < -0.4 is 0 Å². The summed E-state index contributed by atoms with van der Waals surface area (Å²) in [6.07, 6.45) is 5.63. The fourth-order valence-corrected chi connectivity index (χ4v) is 1.57. The van der Waals surface area contributed by atoms with E-state index in [1.54, 1.807) is 18.0 Å². The predicted molar refractivity (Wildman–Crippen MR) is 59.5 cm³/mol. The molecule has 1 fully saturated rings. The second-order valence-electron chi connectivity index (χ2n) is 3.08. The van der Waals surface area contributed by atoms with Crippen LogP contribution in [0.1, 0.15) is 25.7 Å². The van der Waals surface area contributed by atoms with Crippen LogP contribution in [0.4, 0.5) is 0 Å². The van der Waals surface area contributed by atoms with E-state index in [2.05, 4.69) is 11.6 Å². The molecule has 0 aromatic heterocycles. The average Bonchev–Trinajstić information content (AvgIpc) is 2.51. The molecule has 14 heavy (non-hydrogen) atoms. The van der Waals surface area contributed by atoms with Gasteiger partial charge in [0.25, 0.3) is 0 Å². The van der Waals surface area contributed by atoms with Gasteiger partial charge in [-0.3, -0.25) is 9.79 Å². The number of ether oxygens (including phenoxy) is 1. The zero-order valence-corrected chi connectivity index (χ0v) is 9.02. The van der Waals surface area contributed by atoms with Crippen LogP contribution in [0, 0.1) is 0 Å². The number of carbonyl (C=O) groups is 1. The highest BCUT2D eigenvalue weighted by atomic mass is 32.2. The van der Waals surface area contributed by atoms with Crippen LogP contribution in [0.5, 0.6) is 0 Å². The smallest absolute Gasteiger partial charge is 0.305 e. The van der Waals surface area contributed by atoms with Gasteiger partial charge in [0.1, 0.15) is 0 Å². The van der Waals surface area contributed by atoms with Crippen LogP contribution >= 0.6 is 11.8 Å². The maximum Gasteiger partial charge on any atom is 0.305 e. The molecule has 0 bridgehead atoms. The summed E-state index contributed by atoms with van der Waals surface area (Å²) in [5, 5.41) is 0. The van der Waals surface area contributed by atoms with E-state index in [1.807, 2.05) is 0 Å². The molecule has 3 nitrogen and oxygen atoms in total. The molecule has 2 heterocycles. The molecule has 0 aromatic rings. The van der Waals surface area contributed by atoms with E-state index >= 15 is 0 Å². The summed E-state index contributed by atoms with van der Waals surface area (Å²) < 4.78 is 4.76. The SMILES string of the molecule is C=C1C=NCS1.O=C1CCCCCO1. The van der Waals surface area contributed by atoms with Crippen molar-refractivity contribution in [2.45, 2.75) is 25.7 Å². The Bertz CT molecular complexity index is 228. The third-order valence-electron chi connectivity index (χ3n) is 1.85. The Morgan fingerprint density at radius 1 is 1.43 bits per heavy atom. The first-order chi connectivity index (χ1) is 6.79. The maximum absolute atomic E-state index is 10.5. The second-order valence-corrected chi connectivity index (χ2v) is 4.15.